The predicted octanol–water partition coefficient (Wildman–Crippen LogP) is 3.01. The highest BCUT2D eigenvalue weighted by molar-refractivity contribution is 5.85. The number of carbonyl (C=O) groups excluding carboxylic acids is 2. The highest BCUT2D eigenvalue weighted by Crippen LogP contribution is 2.18. The molecule has 1 aliphatic heterocycles. The second-order valence-electron chi connectivity index (χ2n) is 7.10. The van der Waals surface area contributed by atoms with E-state index in [1.54, 1.807) is 6.20 Å². The molecule has 1 aromatic heterocycles. The minimum Gasteiger partial charge on any atom is -0.343 e. The Labute approximate surface area is 175 Å². The predicted molar refractivity (Wildman–Crippen MR) is 114 cm³/mol. The van der Waals surface area contributed by atoms with Crippen molar-refractivity contribution in [3.8, 4) is 0 Å². The van der Waals surface area contributed by atoms with Crippen LogP contribution < -0.4 is 5.32 Å². The maximum Gasteiger partial charge on any atom is 0.223 e. The van der Waals surface area contributed by atoms with E-state index in [0.717, 1.165) is 51.1 Å². The van der Waals surface area contributed by atoms with Gasteiger partial charge in [-0.05, 0) is 64.8 Å². The van der Waals surface area contributed by atoms with Gasteiger partial charge in [-0.1, -0.05) is 6.07 Å². The van der Waals surface area contributed by atoms with Crippen molar-refractivity contribution in [1.29, 1.82) is 0 Å². The van der Waals surface area contributed by atoms with Gasteiger partial charge in [0.2, 0.25) is 11.8 Å². The molecule has 0 aliphatic carbocycles. The van der Waals surface area contributed by atoms with Crippen molar-refractivity contribution in [3.63, 3.8) is 0 Å². The highest BCUT2D eigenvalue weighted by atomic mass is 35.5. The third-order valence-electron chi connectivity index (χ3n) is 5.26. The summed E-state index contributed by atoms with van der Waals surface area (Å²) < 4.78 is 0. The average molecular weight is 411 g/mol. The monoisotopic (exact) mass is 410 g/mol. The van der Waals surface area contributed by atoms with E-state index in [-0.39, 0.29) is 30.3 Å². The minimum absolute atomic E-state index is 0. The Morgan fingerprint density at radius 3 is 2.54 bits per heavy atom. The van der Waals surface area contributed by atoms with Crippen molar-refractivity contribution < 1.29 is 9.59 Å². The van der Waals surface area contributed by atoms with E-state index in [9.17, 15) is 9.59 Å². The molecule has 0 saturated carbocycles. The van der Waals surface area contributed by atoms with Crippen molar-refractivity contribution in [2.45, 2.75) is 65.0 Å². The van der Waals surface area contributed by atoms with Crippen LogP contribution in [0.5, 0.6) is 0 Å². The van der Waals surface area contributed by atoms with E-state index in [1.807, 2.05) is 41.8 Å². The number of halogens is 1. The van der Waals surface area contributed by atoms with Crippen LogP contribution >= 0.6 is 12.4 Å². The van der Waals surface area contributed by atoms with Crippen LogP contribution in [0.1, 0.15) is 58.1 Å². The van der Waals surface area contributed by atoms with E-state index in [4.69, 9.17) is 0 Å². The molecule has 158 valence electrons. The largest absolute Gasteiger partial charge is 0.343 e. The van der Waals surface area contributed by atoms with Crippen molar-refractivity contribution in [2.75, 3.05) is 26.2 Å². The molecule has 1 fully saturated rings. The highest BCUT2D eigenvalue weighted by Gasteiger charge is 2.25. The van der Waals surface area contributed by atoms with Gasteiger partial charge < -0.3 is 15.1 Å². The summed E-state index contributed by atoms with van der Waals surface area (Å²) in [5, 5.41) is 3.41. The summed E-state index contributed by atoms with van der Waals surface area (Å²) in [6, 6.07) is 6.07. The number of pyridine rings is 1. The van der Waals surface area contributed by atoms with Gasteiger partial charge in [0.05, 0.1) is 12.2 Å². The van der Waals surface area contributed by atoms with E-state index >= 15 is 0 Å². The molecule has 0 aromatic carbocycles. The fraction of sp³-hybridized carbons (Fsp3) is 0.667. The second-order valence-corrected chi connectivity index (χ2v) is 7.10. The van der Waals surface area contributed by atoms with Gasteiger partial charge in [-0.2, -0.15) is 0 Å². The first-order valence-electron chi connectivity index (χ1n) is 10.3. The van der Waals surface area contributed by atoms with Gasteiger partial charge in [-0.25, -0.2) is 0 Å². The Hall–Kier alpha value is -1.66. The average Bonchev–Trinajstić information content (AvgIpc) is 2.97. The third kappa shape index (κ3) is 7.76. The van der Waals surface area contributed by atoms with Gasteiger partial charge in [0.1, 0.15) is 0 Å². The summed E-state index contributed by atoms with van der Waals surface area (Å²) in [5.74, 6) is 0.280. The van der Waals surface area contributed by atoms with Crippen LogP contribution in [0.2, 0.25) is 0 Å². The molecule has 2 amide bonds. The van der Waals surface area contributed by atoms with E-state index in [1.165, 1.54) is 0 Å². The Morgan fingerprint density at radius 2 is 1.86 bits per heavy atom. The van der Waals surface area contributed by atoms with Gasteiger partial charge in [0.25, 0.3) is 0 Å². The van der Waals surface area contributed by atoms with Crippen molar-refractivity contribution in [2.24, 2.45) is 0 Å². The molecule has 0 bridgehead atoms. The summed E-state index contributed by atoms with van der Waals surface area (Å²) in [6.45, 7) is 7.93. The third-order valence-corrected chi connectivity index (χ3v) is 5.26. The zero-order valence-corrected chi connectivity index (χ0v) is 18.0. The quantitative estimate of drug-likeness (QED) is 0.679. The van der Waals surface area contributed by atoms with E-state index in [0.29, 0.717) is 25.8 Å². The molecule has 6 nitrogen and oxygen atoms in total. The van der Waals surface area contributed by atoms with Gasteiger partial charge in [0.15, 0.2) is 0 Å². The first kappa shape index (κ1) is 24.4. The summed E-state index contributed by atoms with van der Waals surface area (Å²) in [5.41, 5.74) is 0.919. The number of aromatic nitrogens is 1. The topological polar surface area (TPSA) is 65.5 Å². The second kappa shape index (κ2) is 13.5. The van der Waals surface area contributed by atoms with Gasteiger partial charge in [-0.15, -0.1) is 12.4 Å². The van der Waals surface area contributed by atoms with Gasteiger partial charge in [-0.3, -0.25) is 14.6 Å². The lowest BCUT2D eigenvalue weighted by atomic mass is 10.1. The summed E-state index contributed by atoms with van der Waals surface area (Å²) in [6.07, 6.45) is 6.31. The summed E-state index contributed by atoms with van der Waals surface area (Å²) >= 11 is 0. The number of carbonyl (C=O) groups is 2. The number of amides is 2. The van der Waals surface area contributed by atoms with Crippen LogP contribution in [-0.2, 0) is 16.1 Å². The lowest BCUT2D eigenvalue weighted by Crippen LogP contribution is -2.40. The molecule has 1 atom stereocenters. The molecule has 1 aromatic rings. The fourth-order valence-electron chi connectivity index (χ4n) is 3.67. The molecule has 1 saturated heterocycles. The molecule has 1 unspecified atom stereocenters. The lowest BCUT2D eigenvalue weighted by molar-refractivity contribution is -0.135. The van der Waals surface area contributed by atoms with E-state index in [2.05, 4.69) is 10.3 Å². The van der Waals surface area contributed by atoms with Crippen LogP contribution in [-0.4, -0.2) is 58.8 Å². The van der Waals surface area contributed by atoms with Gasteiger partial charge in [0, 0.05) is 38.2 Å². The van der Waals surface area contributed by atoms with Crippen molar-refractivity contribution >= 4 is 24.2 Å². The molecule has 1 N–H and O–H groups in total. The van der Waals surface area contributed by atoms with Crippen LogP contribution in [0.4, 0.5) is 0 Å². The van der Waals surface area contributed by atoms with Crippen molar-refractivity contribution in [3.05, 3.63) is 30.1 Å². The number of hydrogen-bond donors (Lipinski definition) is 1. The maximum absolute atomic E-state index is 13.0. The standard InChI is InChI=1S/C21H34N4O2.ClH/c1-3-24(4-2)20(26)11-7-12-21(27)25(17-18-9-5-6-15-23-18)19-10-8-14-22-16-13-19;/h5-6,9,15,19,22H,3-4,7-8,10-14,16-17H2,1-2H3;1H. The normalized spacial score (nSPS) is 16.6. The van der Waals surface area contributed by atoms with Crippen LogP contribution in [0, 0.1) is 0 Å². The van der Waals surface area contributed by atoms with Crippen LogP contribution in [0.15, 0.2) is 24.4 Å². The zero-order valence-electron chi connectivity index (χ0n) is 17.2. The van der Waals surface area contributed by atoms with Gasteiger partial charge >= 0.3 is 0 Å². The first-order chi connectivity index (χ1) is 13.2. The lowest BCUT2D eigenvalue weighted by Gasteiger charge is -2.31. The van der Waals surface area contributed by atoms with E-state index < -0.39 is 0 Å². The summed E-state index contributed by atoms with van der Waals surface area (Å²) in [7, 11) is 0. The first-order valence-corrected chi connectivity index (χ1v) is 10.3. The number of rotatable bonds is 9. The van der Waals surface area contributed by atoms with Crippen LogP contribution in [0.3, 0.4) is 0 Å². The van der Waals surface area contributed by atoms with Crippen LogP contribution in [0.25, 0.3) is 0 Å². The molecule has 2 rings (SSSR count). The smallest absolute Gasteiger partial charge is 0.223 e. The molecule has 2 heterocycles. The number of nitrogens with zero attached hydrogens (tertiary/aromatic N) is 3. The Morgan fingerprint density at radius 1 is 1.11 bits per heavy atom. The molecule has 0 radical (unpaired) electrons. The Balaban J connectivity index is 0.00000392. The SMILES string of the molecule is CCN(CC)C(=O)CCCC(=O)N(Cc1ccccn1)C1CCCNCC1.Cl. The molecular formula is C21H35ClN4O2. The number of hydrogen-bond acceptors (Lipinski definition) is 4. The Kier molecular flexibility index (Phi) is 11.8. The number of nitrogens with one attached hydrogen (secondary N) is 1. The molecule has 28 heavy (non-hydrogen) atoms. The molecule has 7 heteroatoms. The molecule has 1 aliphatic rings. The Bertz CT molecular complexity index is 573. The fourth-order valence-corrected chi connectivity index (χ4v) is 3.67. The minimum atomic E-state index is 0. The summed E-state index contributed by atoms with van der Waals surface area (Å²) in [4.78, 5) is 33.4. The molecule has 0 spiro atoms. The maximum atomic E-state index is 13.0. The zero-order chi connectivity index (χ0) is 19.5. The van der Waals surface area contributed by atoms with Crippen molar-refractivity contribution in [1.82, 2.24) is 20.1 Å². The molecular weight excluding hydrogens is 376 g/mol.